The van der Waals surface area contributed by atoms with E-state index < -0.39 is 0 Å². The summed E-state index contributed by atoms with van der Waals surface area (Å²) in [6.45, 7) is 0.518. The number of hydrogen-bond donors (Lipinski definition) is 1. The van der Waals surface area contributed by atoms with Crippen molar-refractivity contribution < 1.29 is 4.79 Å². The van der Waals surface area contributed by atoms with Gasteiger partial charge in [0.05, 0.1) is 10.9 Å². The van der Waals surface area contributed by atoms with Crippen LogP contribution in [0.1, 0.15) is 15.9 Å². The molecule has 3 aromatic rings. The minimum atomic E-state index is -0.176. The van der Waals surface area contributed by atoms with Gasteiger partial charge < -0.3 is 9.88 Å². The van der Waals surface area contributed by atoms with E-state index >= 15 is 0 Å². The van der Waals surface area contributed by atoms with Gasteiger partial charge in [0, 0.05) is 26.2 Å². The summed E-state index contributed by atoms with van der Waals surface area (Å²) in [5, 5.41) is 0.508. The number of nitrogens with zero attached hydrogens (tertiary/aromatic N) is 2. The molecule has 0 fully saturated rings. The predicted molar refractivity (Wildman–Crippen MR) is 96.6 cm³/mol. The number of fused-ring (bicyclic) bond motifs is 1. The highest BCUT2D eigenvalue weighted by molar-refractivity contribution is 7.71. The van der Waals surface area contributed by atoms with Gasteiger partial charge in [0.2, 0.25) is 0 Å². The van der Waals surface area contributed by atoms with Crippen LogP contribution < -0.4 is 5.56 Å². The third kappa shape index (κ3) is 3.00. The number of aromatic amines is 1. The molecule has 122 valence electrons. The zero-order valence-electron chi connectivity index (χ0n) is 13.4. The van der Waals surface area contributed by atoms with Gasteiger partial charge in [-0.05, 0) is 36.0 Å². The summed E-state index contributed by atoms with van der Waals surface area (Å²) in [5.74, 6) is -0.110. The number of H-pyrrole nitrogens is 1. The Labute approximate surface area is 144 Å². The predicted octanol–water partition coefficient (Wildman–Crippen LogP) is 2.87. The van der Waals surface area contributed by atoms with Crippen LogP contribution in [0, 0.1) is 4.77 Å². The molecule has 2 aromatic carbocycles. The third-order valence-electron chi connectivity index (χ3n) is 3.96. The maximum absolute atomic E-state index is 12.6. The highest BCUT2D eigenvalue weighted by Gasteiger charge is 2.13. The zero-order chi connectivity index (χ0) is 17.3. The Balaban J connectivity index is 1.94. The molecule has 1 heterocycles. The van der Waals surface area contributed by atoms with Gasteiger partial charge >= 0.3 is 0 Å². The average Bonchev–Trinajstić information content (AvgIpc) is 2.59. The molecule has 0 spiro atoms. The number of benzene rings is 2. The zero-order valence-corrected chi connectivity index (χ0v) is 14.3. The van der Waals surface area contributed by atoms with Crippen LogP contribution in [0.3, 0.4) is 0 Å². The molecular weight excluding hydrogens is 322 g/mol. The fraction of sp³-hybridized carbons (Fsp3) is 0.167. The van der Waals surface area contributed by atoms with Gasteiger partial charge in [-0.15, -0.1) is 0 Å². The van der Waals surface area contributed by atoms with Crippen molar-refractivity contribution in [2.45, 2.75) is 6.54 Å². The standard InChI is InChI=1S/C18H17N3O2S/c1-20(11-12-6-4-3-5-7-12)16(22)13-8-9-14-15(10-13)19-18(24)21(2)17(14)23/h3-10H,11H2,1-2H3,(H,19,24). The van der Waals surface area contributed by atoms with E-state index in [0.29, 0.717) is 27.8 Å². The molecule has 1 N–H and O–H groups in total. The number of carbonyl (C=O) groups excluding carboxylic acids is 1. The molecule has 1 aromatic heterocycles. The van der Waals surface area contributed by atoms with E-state index in [0.717, 1.165) is 5.56 Å². The highest BCUT2D eigenvalue weighted by Crippen LogP contribution is 2.13. The van der Waals surface area contributed by atoms with Crippen LogP contribution in [0.25, 0.3) is 10.9 Å². The first-order chi connectivity index (χ1) is 11.5. The van der Waals surface area contributed by atoms with Gasteiger partial charge in [-0.1, -0.05) is 30.3 Å². The lowest BCUT2D eigenvalue weighted by Crippen LogP contribution is -2.26. The summed E-state index contributed by atoms with van der Waals surface area (Å²) in [7, 11) is 3.37. The van der Waals surface area contributed by atoms with E-state index in [1.54, 1.807) is 37.2 Å². The molecule has 0 saturated heterocycles. The Morgan fingerprint density at radius 1 is 1.21 bits per heavy atom. The maximum atomic E-state index is 12.6. The Morgan fingerprint density at radius 3 is 2.62 bits per heavy atom. The van der Waals surface area contributed by atoms with Crippen molar-refractivity contribution in [2.24, 2.45) is 7.05 Å². The first kappa shape index (κ1) is 16.1. The summed E-state index contributed by atoms with van der Waals surface area (Å²) in [5.41, 5.74) is 1.97. The molecule has 0 atom stereocenters. The van der Waals surface area contributed by atoms with Crippen LogP contribution in [0.4, 0.5) is 0 Å². The minimum Gasteiger partial charge on any atom is -0.337 e. The molecule has 0 aliphatic rings. The number of amides is 1. The van der Waals surface area contributed by atoms with Gasteiger partial charge in [0.1, 0.15) is 0 Å². The van der Waals surface area contributed by atoms with E-state index in [9.17, 15) is 9.59 Å². The Morgan fingerprint density at radius 2 is 1.92 bits per heavy atom. The molecule has 0 bridgehead atoms. The summed E-state index contributed by atoms with van der Waals surface area (Å²) < 4.78 is 1.70. The van der Waals surface area contributed by atoms with Crippen LogP contribution in [0.5, 0.6) is 0 Å². The van der Waals surface area contributed by atoms with Crippen LogP contribution in [0.15, 0.2) is 53.3 Å². The quantitative estimate of drug-likeness (QED) is 0.747. The molecule has 6 heteroatoms. The van der Waals surface area contributed by atoms with E-state index in [1.807, 2.05) is 30.3 Å². The van der Waals surface area contributed by atoms with Crippen LogP contribution in [-0.4, -0.2) is 27.4 Å². The third-order valence-corrected chi connectivity index (χ3v) is 4.33. The summed E-state index contributed by atoms with van der Waals surface area (Å²) in [6.07, 6.45) is 0. The van der Waals surface area contributed by atoms with Crippen LogP contribution >= 0.6 is 12.2 Å². The maximum Gasteiger partial charge on any atom is 0.261 e. The van der Waals surface area contributed by atoms with Gasteiger partial charge in [-0.3, -0.25) is 14.2 Å². The molecule has 0 aliphatic heterocycles. The molecule has 0 unspecified atom stereocenters. The van der Waals surface area contributed by atoms with E-state index in [-0.39, 0.29) is 11.5 Å². The Kier molecular flexibility index (Phi) is 4.31. The number of rotatable bonds is 3. The van der Waals surface area contributed by atoms with Gasteiger partial charge in [0.15, 0.2) is 4.77 Å². The van der Waals surface area contributed by atoms with E-state index in [4.69, 9.17) is 12.2 Å². The van der Waals surface area contributed by atoms with Crippen LogP contribution in [-0.2, 0) is 13.6 Å². The van der Waals surface area contributed by atoms with Crippen molar-refractivity contribution >= 4 is 29.0 Å². The fourth-order valence-electron chi connectivity index (χ4n) is 2.59. The van der Waals surface area contributed by atoms with E-state index in [2.05, 4.69) is 4.98 Å². The van der Waals surface area contributed by atoms with Crippen molar-refractivity contribution in [2.75, 3.05) is 7.05 Å². The molecule has 0 saturated carbocycles. The SMILES string of the molecule is CN(Cc1ccccc1)C(=O)c1ccc2c(=O)n(C)c(=S)[nH]c2c1. The lowest BCUT2D eigenvalue weighted by Gasteiger charge is -2.17. The van der Waals surface area contributed by atoms with Crippen molar-refractivity contribution in [3.8, 4) is 0 Å². The Bertz CT molecular complexity index is 1020. The number of nitrogens with one attached hydrogen (secondary N) is 1. The second-order valence-corrected chi connectivity index (χ2v) is 6.09. The molecule has 5 nitrogen and oxygen atoms in total. The topological polar surface area (TPSA) is 58.1 Å². The first-order valence-corrected chi connectivity index (χ1v) is 7.90. The monoisotopic (exact) mass is 339 g/mol. The highest BCUT2D eigenvalue weighted by atomic mass is 32.1. The van der Waals surface area contributed by atoms with Crippen molar-refractivity contribution in [1.82, 2.24) is 14.5 Å². The lowest BCUT2D eigenvalue weighted by molar-refractivity contribution is 0.0785. The largest absolute Gasteiger partial charge is 0.337 e. The van der Waals surface area contributed by atoms with Gasteiger partial charge in [-0.2, -0.15) is 0 Å². The number of aromatic nitrogens is 2. The smallest absolute Gasteiger partial charge is 0.261 e. The second-order valence-electron chi connectivity index (χ2n) is 5.70. The minimum absolute atomic E-state index is 0.110. The van der Waals surface area contributed by atoms with Crippen molar-refractivity contribution in [1.29, 1.82) is 0 Å². The summed E-state index contributed by atoms with van der Waals surface area (Å²) in [6, 6.07) is 14.8. The number of carbonyl (C=O) groups is 1. The lowest BCUT2D eigenvalue weighted by atomic mass is 10.1. The summed E-state index contributed by atoms with van der Waals surface area (Å²) in [4.78, 5) is 29.5. The molecule has 0 aliphatic carbocycles. The molecule has 24 heavy (non-hydrogen) atoms. The molecule has 3 rings (SSSR count). The molecule has 1 amide bonds. The van der Waals surface area contributed by atoms with Crippen molar-refractivity contribution in [3.05, 3.63) is 74.8 Å². The molecule has 0 radical (unpaired) electrons. The number of hydrogen-bond acceptors (Lipinski definition) is 3. The second kappa shape index (κ2) is 6.41. The van der Waals surface area contributed by atoms with Crippen LogP contribution in [0.2, 0.25) is 0 Å². The fourth-order valence-corrected chi connectivity index (χ4v) is 2.78. The Hall–Kier alpha value is -2.73. The first-order valence-electron chi connectivity index (χ1n) is 7.50. The average molecular weight is 339 g/mol. The van der Waals surface area contributed by atoms with Crippen molar-refractivity contribution in [3.63, 3.8) is 0 Å². The van der Waals surface area contributed by atoms with Gasteiger partial charge in [0.25, 0.3) is 11.5 Å². The normalized spacial score (nSPS) is 10.8. The van der Waals surface area contributed by atoms with E-state index in [1.165, 1.54) is 4.57 Å². The summed E-state index contributed by atoms with van der Waals surface area (Å²) >= 11 is 5.13. The van der Waals surface area contributed by atoms with Gasteiger partial charge in [-0.25, -0.2) is 0 Å². The molecular formula is C18H17N3O2S.